The zero-order valence-electron chi connectivity index (χ0n) is 18.2. The van der Waals surface area contributed by atoms with Crippen molar-refractivity contribution in [1.82, 2.24) is 4.67 Å². The molecule has 0 bridgehead atoms. The summed E-state index contributed by atoms with van der Waals surface area (Å²) in [4.78, 5) is 0. The first kappa shape index (κ1) is 23.4. The molecule has 1 aromatic rings. The van der Waals surface area contributed by atoms with E-state index in [1.807, 2.05) is 29.9 Å². The third kappa shape index (κ3) is 6.22. The lowest BCUT2D eigenvalue weighted by molar-refractivity contribution is 0.164. The largest absolute Gasteiger partial charge is 0.316 e. The number of nitrogens with zero attached hydrogens (tertiary/aromatic N) is 1. The second-order valence-electron chi connectivity index (χ2n) is 9.28. The molecule has 1 unspecified atom stereocenters. The molecular formula is C22H40NO2P. The fourth-order valence-electron chi connectivity index (χ4n) is 3.10. The summed E-state index contributed by atoms with van der Waals surface area (Å²) in [5, 5.41) is -0.384. The smallest absolute Gasteiger partial charge is 0.278 e. The molecule has 26 heavy (non-hydrogen) atoms. The predicted molar refractivity (Wildman–Crippen MR) is 114 cm³/mol. The minimum absolute atomic E-state index is 0.0218. The standard InChI is InChI=1S/C22H40NO2P/c1-9-10-14-17-22(6,7)26(24,25-18-21(3,4)5)23(8)19(2)20-15-12-11-13-16-20/h11-13,15-16,19H,9-10,14,17-18H2,1-8H3/t19-,26?/m1/s1. The van der Waals surface area contributed by atoms with Gasteiger partial charge in [-0.05, 0) is 45.2 Å². The third-order valence-corrected chi connectivity index (χ3v) is 8.50. The number of hydrogen-bond donors (Lipinski definition) is 0. The Hall–Kier alpha value is -0.630. The van der Waals surface area contributed by atoms with E-state index in [2.05, 4.69) is 60.6 Å². The maximum Gasteiger partial charge on any atom is 0.278 e. The molecule has 0 saturated heterocycles. The summed E-state index contributed by atoms with van der Waals surface area (Å²) in [7, 11) is -1.08. The Morgan fingerprint density at radius 1 is 1.08 bits per heavy atom. The molecule has 3 nitrogen and oxygen atoms in total. The van der Waals surface area contributed by atoms with Gasteiger partial charge in [-0.1, -0.05) is 77.3 Å². The number of hydrogen-bond acceptors (Lipinski definition) is 2. The van der Waals surface area contributed by atoms with Crippen LogP contribution in [0, 0.1) is 5.41 Å². The summed E-state index contributed by atoms with van der Waals surface area (Å²) < 4.78 is 22.6. The van der Waals surface area contributed by atoms with Gasteiger partial charge in [0.25, 0.3) is 7.52 Å². The Morgan fingerprint density at radius 2 is 1.65 bits per heavy atom. The summed E-state index contributed by atoms with van der Waals surface area (Å²) in [6.07, 6.45) is 4.33. The molecule has 150 valence electrons. The van der Waals surface area contributed by atoms with Crippen molar-refractivity contribution >= 4 is 7.52 Å². The van der Waals surface area contributed by atoms with Gasteiger partial charge in [-0.3, -0.25) is 4.57 Å². The Morgan fingerprint density at radius 3 is 2.15 bits per heavy atom. The molecule has 0 amide bonds. The van der Waals surface area contributed by atoms with Crippen molar-refractivity contribution in [2.75, 3.05) is 13.7 Å². The van der Waals surface area contributed by atoms with Gasteiger partial charge >= 0.3 is 0 Å². The van der Waals surface area contributed by atoms with E-state index in [-0.39, 0.29) is 16.6 Å². The predicted octanol–water partition coefficient (Wildman–Crippen LogP) is 7.29. The summed E-state index contributed by atoms with van der Waals surface area (Å²) >= 11 is 0. The molecule has 0 aliphatic rings. The molecule has 0 fully saturated rings. The van der Waals surface area contributed by atoms with E-state index in [0.29, 0.717) is 6.61 Å². The van der Waals surface area contributed by atoms with Gasteiger partial charge in [0.15, 0.2) is 0 Å². The first-order valence-corrected chi connectivity index (χ1v) is 11.6. The van der Waals surface area contributed by atoms with E-state index in [1.165, 1.54) is 18.4 Å². The minimum Gasteiger partial charge on any atom is -0.316 e. The Bertz CT molecular complexity index is 578. The molecule has 0 aliphatic carbocycles. The molecule has 2 atom stereocenters. The second-order valence-corrected chi connectivity index (χ2v) is 12.4. The summed E-state index contributed by atoms with van der Waals surface area (Å²) in [6, 6.07) is 10.3. The average molecular weight is 382 g/mol. The van der Waals surface area contributed by atoms with Gasteiger partial charge in [0.1, 0.15) is 0 Å². The molecule has 0 N–H and O–H groups in total. The van der Waals surface area contributed by atoms with Crippen LogP contribution >= 0.6 is 7.52 Å². The quantitative estimate of drug-likeness (QED) is 0.315. The van der Waals surface area contributed by atoms with Crippen LogP contribution in [0.2, 0.25) is 0 Å². The molecule has 0 aromatic heterocycles. The van der Waals surface area contributed by atoms with Crippen LogP contribution in [0.1, 0.15) is 85.8 Å². The number of benzene rings is 1. The first-order valence-electron chi connectivity index (χ1n) is 9.97. The minimum atomic E-state index is -3.04. The fraction of sp³-hybridized carbons (Fsp3) is 0.727. The van der Waals surface area contributed by atoms with E-state index in [1.54, 1.807) is 0 Å². The van der Waals surface area contributed by atoms with Gasteiger partial charge in [0.2, 0.25) is 0 Å². The maximum absolute atomic E-state index is 14.3. The van der Waals surface area contributed by atoms with Crippen molar-refractivity contribution in [2.24, 2.45) is 5.41 Å². The fourth-order valence-corrected chi connectivity index (χ4v) is 6.08. The van der Waals surface area contributed by atoms with Gasteiger partial charge in [0.05, 0.1) is 11.8 Å². The summed E-state index contributed by atoms with van der Waals surface area (Å²) in [6.45, 7) is 15.4. The van der Waals surface area contributed by atoms with Crippen LogP contribution in [0.15, 0.2) is 30.3 Å². The number of rotatable bonds is 10. The molecule has 0 radical (unpaired) electrons. The molecule has 0 aliphatic heterocycles. The molecule has 0 saturated carbocycles. The van der Waals surface area contributed by atoms with Crippen LogP contribution in [-0.4, -0.2) is 23.5 Å². The highest BCUT2D eigenvalue weighted by Crippen LogP contribution is 2.65. The molecule has 1 rings (SSSR count). The van der Waals surface area contributed by atoms with Crippen molar-refractivity contribution < 1.29 is 9.09 Å². The monoisotopic (exact) mass is 381 g/mol. The SMILES string of the molecule is CCCCCC(C)(C)P(=O)(OCC(C)(C)C)N(C)[C@H](C)c1ccccc1. The van der Waals surface area contributed by atoms with Gasteiger partial charge in [-0.15, -0.1) is 0 Å². The van der Waals surface area contributed by atoms with Gasteiger partial charge in [-0.25, -0.2) is 4.67 Å². The zero-order chi connectivity index (χ0) is 20.0. The summed E-state index contributed by atoms with van der Waals surface area (Å²) in [5.41, 5.74) is 1.14. The molecule has 0 heterocycles. The highest BCUT2D eigenvalue weighted by Gasteiger charge is 2.47. The van der Waals surface area contributed by atoms with Crippen LogP contribution in [-0.2, 0) is 9.09 Å². The van der Waals surface area contributed by atoms with Crippen LogP contribution in [0.4, 0.5) is 0 Å². The van der Waals surface area contributed by atoms with Crippen molar-refractivity contribution in [1.29, 1.82) is 0 Å². The lowest BCUT2D eigenvalue weighted by atomic mass is 9.99. The lowest BCUT2D eigenvalue weighted by Crippen LogP contribution is -2.34. The molecule has 1 aromatic carbocycles. The van der Waals surface area contributed by atoms with Crippen LogP contribution < -0.4 is 0 Å². The van der Waals surface area contributed by atoms with Crippen LogP contribution in [0.5, 0.6) is 0 Å². The highest BCUT2D eigenvalue weighted by atomic mass is 31.2. The molecule has 4 heteroatoms. The van der Waals surface area contributed by atoms with E-state index in [9.17, 15) is 4.57 Å². The molecule has 0 spiro atoms. The van der Waals surface area contributed by atoms with Crippen molar-refractivity contribution in [3.05, 3.63) is 35.9 Å². The van der Waals surface area contributed by atoms with E-state index in [4.69, 9.17) is 4.52 Å². The Labute approximate surface area is 162 Å². The Kier molecular flexibility index (Phi) is 8.58. The van der Waals surface area contributed by atoms with Crippen LogP contribution in [0.25, 0.3) is 0 Å². The normalized spacial score (nSPS) is 16.5. The topological polar surface area (TPSA) is 29.5 Å². The zero-order valence-corrected chi connectivity index (χ0v) is 19.1. The van der Waals surface area contributed by atoms with Crippen LogP contribution in [0.3, 0.4) is 0 Å². The number of unbranched alkanes of at least 4 members (excludes halogenated alkanes) is 2. The lowest BCUT2D eigenvalue weighted by Gasteiger charge is -2.43. The van der Waals surface area contributed by atoms with Crippen molar-refractivity contribution in [3.8, 4) is 0 Å². The molecular weight excluding hydrogens is 341 g/mol. The van der Waals surface area contributed by atoms with E-state index >= 15 is 0 Å². The average Bonchev–Trinajstić information content (AvgIpc) is 2.58. The van der Waals surface area contributed by atoms with Crippen molar-refractivity contribution in [3.63, 3.8) is 0 Å². The third-order valence-electron chi connectivity index (χ3n) is 5.09. The maximum atomic E-state index is 14.3. The summed E-state index contributed by atoms with van der Waals surface area (Å²) in [5.74, 6) is 0. The van der Waals surface area contributed by atoms with E-state index in [0.717, 1.165) is 12.8 Å². The van der Waals surface area contributed by atoms with Gasteiger partial charge in [-0.2, -0.15) is 0 Å². The van der Waals surface area contributed by atoms with Gasteiger partial charge < -0.3 is 4.52 Å². The van der Waals surface area contributed by atoms with Crippen molar-refractivity contribution in [2.45, 2.75) is 85.3 Å². The highest BCUT2D eigenvalue weighted by molar-refractivity contribution is 7.58. The Balaban J connectivity index is 3.15. The second kappa shape index (κ2) is 9.53. The van der Waals surface area contributed by atoms with E-state index < -0.39 is 7.52 Å². The first-order chi connectivity index (χ1) is 11.9. The van der Waals surface area contributed by atoms with Gasteiger partial charge in [0, 0.05) is 6.04 Å².